The lowest BCUT2D eigenvalue weighted by molar-refractivity contribution is -0.130. The van der Waals surface area contributed by atoms with E-state index in [0.29, 0.717) is 60.9 Å². The van der Waals surface area contributed by atoms with E-state index in [1.165, 1.54) is 0 Å². The van der Waals surface area contributed by atoms with Crippen LogP contribution < -0.4 is 0 Å². The number of carbonyl (C=O) groups is 2. The Kier molecular flexibility index (Phi) is 4.38. The normalized spacial score (nSPS) is 18.2. The summed E-state index contributed by atoms with van der Waals surface area (Å²) in [6, 6.07) is 1.92. The van der Waals surface area contributed by atoms with E-state index in [2.05, 4.69) is 10.1 Å². The zero-order chi connectivity index (χ0) is 18.3. The highest BCUT2D eigenvalue weighted by Gasteiger charge is 2.30. The summed E-state index contributed by atoms with van der Waals surface area (Å²) in [4.78, 5) is 33.5. The van der Waals surface area contributed by atoms with E-state index in [1.54, 1.807) is 0 Å². The van der Waals surface area contributed by atoms with Gasteiger partial charge in [0, 0.05) is 44.2 Å². The Morgan fingerprint density at radius 3 is 2.65 bits per heavy atom. The standard InChI is InChI=1S/C19H24N4O3/c1-3-16(24)22-7-4-8-23(10-9-22)19(25)14-11-15(13-5-6-13)20-18-17(14)12(2)21-26-18/h11,13H,3-10H2,1-2H3. The molecule has 0 unspecified atom stereocenters. The first-order valence-corrected chi connectivity index (χ1v) is 9.42. The van der Waals surface area contributed by atoms with Gasteiger partial charge in [0.25, 0.3) is 11.6 Å². The average molecular weight is 356 g/mol. The molecule has 26 heavy (non-hydrogen) atoms. The zero-order valence-corrected chi connectivity index (χ0v) is 15.3. The van der Waals surface area contributed by atoms with Gasteiger partial charge in [-0.1, -0.05) is 12.1 Å². The Morgan fingerprint density at radius 1 is 1.19 bits per heavy atom. The monoisotopic (exact) mass is 356 g/mol. The van der Waals surface area contributed by atoms with Crippen molar-refractivity contribution < 1.29 is 14.1 Å². The average Bonchev–Trinajstić information content (AvgIpc) is 3.46. The fourth-order valence-electron chi connectivity index (χ4n) is 3.63. The number of hydrogen-bond donors (Lipinski definition) is 0. The molecule has 3 heterocycles. The van der Waals surface area contributed by atoms with Crippen LogP contribution in [-0.4, -0.2) is 57.9 Å². The van der Waals surface area contributed by atoms with Gasteiger partial charge in [0.05, 0.1) is 16.6 Å². The van der Waals surface area contributed by atoms with Crippen LogP contribution in [0.1, 0.15) is 60.3 Å². The Bertz CT molecular complexity index is 856. The third-order valence-corrected chi connectivity index (χ3v) is 5.30. The number of aromatic nitrogens is 2. The van der Waals surface area contributed by atoms with Gasteiger partial charge in [-0.05, 0) is 32.3 Å². The van der Waals surface area contributed by atoms with Gasteiger partial charge < -0.3 is 14.3 Å². The molecule has 2 aliphatic rings. The molecule has 1 saturated carbocycles. The molecule has 0 N–H and O–H groups in total. The van der Waals surface area contributed by atoms with Crippen molar-refractivity contribution in [2.75, 3.05) is 26.2 Å². The number of fused-ring (bicyclic) bond motifs is 1. The highest BCUT2D eigenvalue weighted by Crippen LogP contribution is 2.40. The van der Waals surface area contributed by atoms with Gasteiger partial charge in [0.15, 0.2) is 0 Å². The number of nitrogens with zero attached hydrogens (tertiary/aromatic N) is 4. The Labute approximate surface area is 152 Å². The SMILES string of the molecule is CCC(=O)N1CCCN(C(=O)c2cc(C3CC3)nc3onc(C)c23)CC1. The second-order valence-electron chi connectivity index (χ2n) is 7.20. The van der Waals surface area contributed by atoms with Crippen molar-refractivity contribution in [2.45, 2.75) is 45.4 Å². The molecule has 2 aromatic rings. The van der Waals surface area contributed by atoms with E-state index in [-0.39, 0.29) is 11.8 Å². The molecule has 0 spiro atoms. The van der Waals surface area contributed by atoms with Crippen LogP contribution >= 0.6 is 0 Å². The predicted octanol–water partition coefficient (Wildman–Crippen LogP) is 2.49. The van der Waals surface area contributed by atoms with E-state index >= 15 is 0 Å². The molecular formula is C19H24N4O3. The Morgan fingerprint density at radius 2 is 1.92 bits per heavy atom. The van der Waals surface area contributed by atoms with Crippen molar-refractivity contribution >= 4 is 22.9 Å². The first-order chi connectivity index (χ1) is 12.6. The third-order valence-electron chi connectivity index (χ3n) is 5.30. The highest BCUT2D eigenvalue weighted by molar-refractivity contribution is 6.06. The topological polar surface area (TPSA) is 79.5 Å². The van der Waals surface area contributed by atoms with Gasteiger partial charge in [0.2, 0.25) is 5.91 Å². The third kappa shape index (κ3) is 3.06. The maximum absolute atomic E-state index is 13.3. The summed E-state index contributed by atoms with van der Waals surface area (Å²) >= 11 is 0. The minimum Gasteiger partial charge on any atom is -0.341 e. The zero-order valence-electron chi connectivity index (χ0n) is 15.3. The van der Waals surface area contributed by atoms with Gasteiger partial charge in [-0.15, -0.1) is 0 Å². The second-order valence-corrected chi connectivity index (χ2v) is 7.20. The largest absolute Gasteiger partial charge is 0.341 e. The Hall–Kier alpha value is -2.44. The molecule has 138 valence electrons. The van der Waals surface area contributed by atoms with Crippen LogP contribution in [-0.2, 0) is 4.79 Å². The maximum atomic E-state index is 13.3. The molecule has 1 saturated heterocycles. The summed E-state index contributed by atoms with van der Waals surface area (Å²) < 4.78 is 5.35. The molecule has 7 heteroatoms. The molecule has 0 atom stereocenters. The summed E-state index contributed by atoms with van der Waals surface area (Å²) in [7, 11) is 0. The molecule has 7 nitrogen and oxygen atoms in total. The van der Waals surface area contributed by atoms with E-state index in [1.807, 2.05) is 29.7 Å². The second kappa shape index (κ2) is 6.70. The quantitative estimate of drug-likeness (QED) is 0.844. The van der Waals surface area contributed by atoms with Gasteiger partial charge >= 0.3 is 0 Å². The Balaban J connectivity index is 1.63. The molecule has 2 aromatic heterocycles. The maximum Gasteiger partial charge on any atom is 0.259 e. The molecule has 0 bridgehead atoms. The molecule has 2 amide bonds. The van der Waals surface area contributed by atoms with Gasteiger partial charge in [-0.3, -0.25) is 9.59 Å². The lowest BCUT2D eigenvalue weighted by atomic mass is 10.1. The van der Waals surface area contributed by atoms with Crippen molar-refractivity contribution in [3.05, 3.63) is 23.0 Å². The molecule has 0 aromatic carbocycles. The molecule has 1 aliphatic heterocycles. The first kappa shape index (κ1) is 17.0. The first-order valence-electron chi connectivity index (χ1n) is 9.42. The summed E-state index contributed by atoms with van der Waals surface area (Å²) in [6.07, 6.45) is 3.52. The number of carbonyl (C=O) groups excluding carboxylic acids is 2. The fourth-order valence-corrected chi connectivity index (χ4v) is 3.63. The van der Waals surface area contributed by atoms with Crippen molar-refractivity contribution in [3.8, 4) is 0 Å². The summed E-state index contributed by atoms with van der Waals surface area (Å²) in [6.45, 7) is 6.21. The molecule has 2 fully saturated rings. The van der Waals surface area contributed by atoms with Gasteiger partial charge in [-0.25, -0.2) is 4.98 Å². The molecule has 4 rings (SSSR count). The number of aryl methyl sites for hydroxylation is 1. The molecule has 1 aliphatic carbocycles. The number of rotatable bonds is 3. The summed E-state index contributed by atoms with van der Waals surface area (Å²) in [5.41, 5.74) is 2.70. The van der Waals surface area contributed by atoms with Crippen LogP contribution in [0.4, 0.5) is 0 Å². The number of amides is 2. The smallest absolute Gasteiger partial charge is 0.259 e. The van der Waals surface area contributed by atoms with Crippen LogP contribution in [0.15, 0.2) is 10.6 Å². The number of pyridine rings is 1. The van der Waals surface area contributed by atoms with Crippen molar-refractivity contribution in [1.82, 2.24) is 19.9 Å². The van der Waals surface area contributed by atoms with E-state index < -0.39 is 0 Å². The highest BCUT2D eigenvalue weighted by atomic mass is 16.5. The van der Waals surface area contributed by atoms with E-state index in [9.17, 15) is 9.59 Å². The van der Waals surface area contributed by atoms with Crippen molar-refractivity contribution in [2.24, 2.45) is 0 Å². The van der Waals surface area contributed by atoms with E-state index in [0.717, 1.165) is 25.0 Å². The van der Waals surface area contributed by atoms with Crippen LogP contribution in [0, 0.1) is 6.92 Å². The van der Waals surface area contributed by atoms with Crippen LogP contribution in [0.5, 0.6) is 0 Å². The lowest BCUT2D eigenvalue weighted by Gasteiger charge is -2.22. The predicted molar refractivity (Wildman–Crippen MR) is 95.9 cm³/mol. The van der Waals surface area contributed by atoms with Gasteiger partial charge in [0.1, 0.15) is 0 Å². The minimum atomic E-state index is -0.0172. The van der Waals surface area contributed by atoms with E-state index in [4.69, 9.17) is 4.52 Å². The van der Waals surface area contributed by atoms with Crippen molar-refractivity contribution in [3.63, 3.8) is 0 Å². The molecular weight excluding hydrogens is 332 g/mol. The van der Waals surface area contributed by atoms with Crippen LogP contribution in [0.2, 0.25) is 0 Å². The van der Waals surface area contributed by atoms with Crippen LogP contribution in [0.3, 0.4) is 0 Å². The lowest BCUT2D eigenvalue weighted by Crippen LogP contribution is -2.37. The minimum absolute atomic E-state index is 0.0172. The fraction of sp³-hybridized carbons (Fsp3) is 0.579. The van der Waals surface area contributed by atoms with Crippen LogP contribution in [0.25, 0.3) is 11.1 Å². The summed E-state index contributed by atoms with van der Waals surface area (Å²) in [5, 5.41) is 4.72. The number of hydrogen-bond acceptors (Lipinski definition) is 5. The molecule has 0 radical (unpaired) electrons. The summed E-state index contributed by atoms with van der Waals surface area (Å²) in [5.74, 6) is 0.561. The van der Waals surface area contributed by atoms with Gasteiger partial charge in [-0.2, -0.15) is 0 Å². The van der Waals surface area contributed by atoms with Crippen molar-refractivity contribution in [1.29, 1.82) is 0 Å².